The molecule has 2 aromatic carbocycles. The molecule has 2 N–H and O–H groups in total. The van der Waals surface area contributed by atoms with E-state index in [2.05, 4.69) is 0 Å². The van der Waals surface area contributed by atoms with Crippen LogP contribution in [-0.4, -0.2) is 17.3 Å². The summed E-state index contributed by atoms with van der Waals surface area (Å²) in [6.07, 6.45) is 0.840. The highest BCUT2D eigenvalue weighted by atomic mass is 16.5. The summed E-state index contributed by atoms with van der Waals surface area (Å²) in [5.74, 6) is 0.604. The van der Waals surface area contributed by atoms with Gasteiger partial charge in [-0.05, 0) is 29.3 Å². The fraction of sp³-hybridized carbons (Fsp3) is 0.167. The minimum atomic E-state index is -0.808. The predicted octanol–water partition coefficient (Wildman–Crippen LogP) is 2.78. The fourth-order valence-electron chi connectivity index (χ4n) is 2.54. The van der Waals surface area contributed by atoms with Crippen LogP contribution in [-0.2, 0) is 6.42 Å². The van der Waals surface area contributed by atoms with E-state index in [9.17, 15) is 15.0 Å². The molecule has 0 amide bonds. The zero-order valence-electron chi connectivity index (χ0n) is 12.5. The molecule has 0 aliphatic carbocycles. The summed E-state index contributed by atoms with van der Waals surface area (Å²) in [6.45, 7) is 0. The molecule has 0 spiro atoms. The van der Waals surface area contributed by atoms with E-state index in [0.717, 1.165) is 5.56 Å². The van der Waals surface area contributed by atoms with Crippen LogP contribution in [0.15, 0.2) is 57.9 Å². The minimum Gasteiger partial charge on any atom is -0.508 e. The molecular weight excluding hydrogens is 296 g/mol. The number of hydrogen-bond acceptors (Lipinski definition) is 5. The lowest BCUT2D eigenvalue weighted by Crippen LogP contribution is -2.05. The van der Waals surface area contributed by atoms with Crippen LogP contribution >= 0.6 is 0 Å². The molecule has 5 heteroatoms. The highest BCUT2D eigenvalue weighted by molar-refractivity contribution is 5.77. The molecule has 3 rings (SSSR count). The number of aliphatic hydroxyl groups excluding tert-OH is 1. The maximum absolute atomic E-state index is 11.9. The van der Waals surface area contributed by atoms with Crippen molar-refractivity contribution < 1.29 is 19.4 Å². The molecule has 1 aromatic heterocycles. The number of aliphatic hydroxyl groups is 1. The highest BCUT2D eigenvalue weighted by Crippen LogP contribution is 2.29. The Morgan fingerprint density at radius 2 is 2.00 bits per heavy atom. The second-order valence-corrected chi connectivity index (χ2v) is 5.26. The van der Waals surface area contributed by atoms with E-state index in [4.69, 9.17) is 9.15 Å². The van der Waals surface area contributed by atoms with E-state index >= 15 is 0 Å². The molecular formula is C18H16O5. The number of phenolic OH excluding ortho intramolecular Hbond substituents is 1. The first kappa shape index (κ1) is 15.1. The van der Waals surface area contributed by atoms with E-state index in [0.29, 0.717) is 28.7 Å². The lowest BCUT2D eigenvalue weighted by molar-refractivity contribution is 0.177. The standard InChI is InChI=1S/C18H16O5/c1-22-18-10-13(19)4-2-12(18)9-16(21)11-3-5-17-14(8-11)15(20)6-7-23-17/h2-8,10,16,19,21H,9H2,1H3. The van der Waals surface area contributed by atoms with Gasteiger partial charge in [0.15, 0.2) is 5.43 Å². The highest BCUT2D eigenvalue weighted by Gasteiger charge is 2.14. The largest absolute Gasteiger partial charge is 0.508 e. The van der Waals surface area contributed by atoms with Crippen LogP contribution in [0.3, 0.4) is 0 Å². The summed E-state index contributed by atoms with van der Waals surface area (Å²) in [5.41, 5.74) is 1.71. The fourth-order valence-corrected chi connectivity index (χ4v) is 2.54. The molecule has 23 heavy (non-hydrogen) atoms. The molecule has 0 aliphatic heterocycles. The van der Waals surface area contributed by atoms with Crippen molar-refractivity contribution in [2.45, 2.75) is 12.5 Å². The van der Waals surface area contributed by atoms with Crippen LogP contribution in [0, 0.1) is 0 Å². The Labute approximate surface area is 132 Å². The van der Waals surface area contributed by atoms with Crippen molar-refractivity contribution in [3.8, 4) is 11.5 Å². The lowest BCUT2D eigenvalue weighted by Gasteiger charge is -2.14. The van der Waals surface area contributed by atoms with Crippen LogP contribution in [0.1, 0.15) is 17.2 Å². The molecule has 3 aromatic rings. The second-order valence-electron chi connectivity index (χ2n) is 5.26. The zero-order valence-corrected chi connectivity index (χ0v) is 12.5. The number of phenols is 1. The third-order valence-corrected chi connectivity index (χ3v) is 3.75. The number of methoxy groups -OCH3 is 1. The van der Waals surface area contributed by atoms with Crippen molar-refractivity contribution in [1.29, 1.82) is 0 Å². The van der Waals surface area contributed by atoms with Crippen molar-refractivity contribution >= 4 is 11.0 Å². The van der Waals surface area contributed by atoms with Crippen LogP contribution < -0.4 is 10.2 Å². The van der Waals surface area contributed by atoms with Gasteiger partial charge in [0.25, 0.3) is 0 Å². The number of hydrogen-bond donors (Lipinski definition) is 2. The molecule has 1 atom stereocenters. The van der Waals surface area contributed by atoms with Crippen molar-refractivity contribution in [1.82, 2.24) is 0 Å². The third-order valence-electron chi connectivity index (χ3n) is 3.75. The topological polar surface area (TPSA) is 79.9 Å². The van der Waals surface area contributed by atoms with Gasteiger partial charge in [0.2, 0.25) is 0 Å². The number of rotatable bonds is 4. The third kappa shape index (κ3) is 3.05. The summed E-state index contributed by atoms with van der Waals surface area (Å²) in [7, 11) is 1.51. The van der Waals surface area contributed by atoms with Gasteiger partial charge in [0.05, 0.1) is 24.9 Å². The summed E-state index contributed by atoms with van der Waals surface area (Å²) in [6, 6.07) is 11.1. The van der Waals surface area contributed by atoms with Crippen LogP contribution in [0.5, 0.6) is 11.5 Å². The molecule has 0 saturated heterocycles. The van der Waals surface area contributed by atoms with Gasteiger partial charge < -0.3 is 19.4 Å². The molecule has 0 radical (unpaired) electrons. The molecule has 1 heterocycles. The summed E-state index contributed by atoms with van der Waals surface area (Å²) < 4.78 is 10.5. The molecule has 1 unspecified atom stereocenters. The smallest absolute Gasteiger partial charge is 0.192 e. The normalized spacial score (nSPS) is 12.3. The maximum atomic E-state index is 11.9. The van der Waals surface area contributed by atoms with Gasteiger partial charge in [0, 0.05) is 18.6 Å². The molecule has 0 aliphatic rings. The molecule has 0 fully saturated rings. The lowest BCUT2D eigenvalue weighted by atomic mass is 9.99. The molecule has 118 valence electrons. The van der Waals surface area contributed by atoms with Crippen LogP contribution in [0.2, 0.25) is 0 Å². The van der Waals surface area contributed by atoms with E-state index < -0.39 is 6.10 Å². The minimum absolute atomic E-state index is 0.100. The van der Waals surface area contributed by atoms with Gasteiger partial charge in [-0.1, -0.05) is 12.1 Å². The average molecular weight is 312 g/mol. The summed E-state index contributed by atoms with van der Waals surface area (Å²) >= 11 is 0. The first-order valence-electron chi connectivity index (χ1n) is 7.14. The maximum Gasteiger partial charge on any atom is 0.192 e. The number of fused-ring (bicyclic) bond motifs is 1. The van der Waals surface area contributed by atoms with Crippen LogP contribution in [0.25, 0.3) is 11.0 Å². The summed E-state index contributed by atoms with van der Waals surface area (Å²) in [4.78, 5) is 11.9. The Hall–Kier alpha value is -2.79. The molecule has 0 saturated carbocycles. The Balaban J connectivity index is 1.93. The van der Waals surface area contributed by atoms with Gasteiger partial charge in [-0.25, -0.2) is 0 Å². The van der Waals surface area contributed by atoms with Crippen LogP contribution in [0.4, 0.5) is 0 Å². The monoisotopic (exact) mass is 312 g/mol. The quantitative estimate of drug-likeness (QED) is 0.774. The van der Waals surface area contributed by atoms with Gasteiger partial charge in [-0.15, -0.1) is 0 Å². The number of benzene rings is 2. The Bertz CT molecular complexity index is 897. The SMILES string of the molecule is COc1cc(O)ccc1CC(O)c1ccc2occc(=O)c2c1. The van der Waals surface area contributed by atoms with Crippen molar-refractivity contribution in [2.75, 3.05) is 7.11 Å². The Kier molecular flexibility index (Phi) is 4.04. The van der Waals surface area contributed by atoms with Gasteiger partial charge in [-0.2, -0.15) is 0 Å². The van der Waals surface area contributed by atoms with Gasteiger partial charge in [0.1, 0.15) is 17.1 Å². The van der Waals surface area contributed by atoms with E-state index in [-0.39, 0.29) is 11.2 Å². The number of ether oxygens (including phenoxy) is 1. The summed E-state index contributed by atoms with van der Waals surface area (Å²) in [5, 5.41) is 20.4. The van der Waals surface area contributed by atoms with E-state index in [1.54, 1.807) is 30.3 Å². The number of aromatic hydroxyl groups is 1. The van der Waals surface area contributed by atoms with Crippen molar-refractivity contribution in [3.05, 3.63) is 70.1 Å². The van der Waals surface area contributed by atoms with E-state index in [1.807, 2.05) is 0 Å². The Morgan fingerprint density at radius 1 is 1.17 bits per heavy atom. The Morgan fingerprint density at radius 3 is 2.78 bits per heavy atom. The van der Waals surface area contributed by atoms with Gasteiger partial charge in [-0.3, -0.25) is 4.79 Å². The second kappa shape index (κ2) is 6.14. The van der Waals surface area contributed by atoms with Crippen molar-refractivity contribution in [2.24, 2.45) is 0 Å². The first-order valence-corrected chi connectivity index (χ1v) is 7.14. The van der Waals surface area contributed by atoms with E-state index in [1.165, 1.54) is 25.5 Å². The average Bonchev–Trinajstić information content (AvgIpc) is 2.56. The first-order chi connectivity index (χ1) is 11.1. The van der Waals surface area contributed by atoms with Crippen molar-refractivity contribution in [3.63, 3.8) is 0 Å². The van der Waals surface area contributed by atoms with Gasteiger partial charge >= 0.3 is 0 Å². The predicted molar refractivity (Wildman–Crippen MR) is 85.8 cm³/mol. The molecule has 0 bridgehead atoms. The molecule has 5 nitrogen and oxygen atoms in total. The zero-order chi connectivity index (χ0) is 16.4.